The van der Waals surface area contributed by atoms with Crippen LogP contribution in [0.1, 0.15) is 22.8 Å². The van der Waals surface area contributed by atoms with Crippen LogP contribution in [0.15, 0.2) is 48.7 Å². The van der Waals surface area contributed by atoms with Gasteiger partial charge in [0.25, 0.3) is 5.91 Å². The van der Waals surface area contributed by atoms with Crippen molar-refractivity contribution in [3.8, 4) is 5.75 Å². The zero-order chi connectivity index (χ0) is 20.3. The molecule has 0 saturated heterocycles. The molecule has 0 fully saturated rings. The van der Waals surface area contributed by atoms with Crippen LogP contribution in [0.5, 0.6) is 5.75 Å². The number of nitrogens with one attached hydrogen (secondary N) is 1. The molecule has 6 nitrogen and oxygen atoms in total. The second-order valence-electron chi connectivity index (χ2n) is 6.55. The number of fused-ring (bicyclic) bond motifs is 1. The van der Waals surface area contributed by atoms with E-state index in [9.17, 15) is 9.59 Å². The Morgan fingerprint density at radius 2 is 1.93 bits per heavy atom. The molecule has 1 heterocycles. The molecule has 1 aromatic heterocycles. The zero-order valence-corrected chi connectivity index (χ0v) is 16.4. The number of carbonyl (C=O) groups excluding carboxylic acids is 2. The van der Waals surface area contributed by atoms with Crippen molar-refractivity contribution in [1.82, 2.24) is 9.88 Å². The van der Waals surface area contributed by atoms with E-state index in [0.717, 1.165) is 5.39 Å². The highest BCUT2D eigenvalue weighted by Crippen LogP contribution is 2.27. The molecule has 0 aliphatic heterocycles. The molecule has 3 rings (SSSR count). The molecule has 0 saturated carbocycles. The first-order valence-corrected chi connectivity index (χ1v) is 9.19. The minimum atomic E-state index is -0.342. The summed E-state index contributed by atoms with van der Waals surface area (Å²) in [4.78, 5) is 25.3. The van der Waals surface area contributed by atoms with Gasteiger partial charge in [-0.25, -0.2) is 0 Å². The molecule has 3 aromatic rings. The van der Waals surface area contributed by atoms with Gasteiger partial charge in [-0.2, -0.15) is 0 Å². The predicted octanol–water partition coefficient (Wildman–Crippen LogP) is 3.03. The monoisotopic (exact) mass is 400 g/mol. The number of aliphatic hydroxyl groups excluding tert-OH is 1. The molecule has 7 heteroatoms. The van der Waals surface area contributed by atoms with E-state index in [2.05, 4.69) is 5.32 Å². The van der Waals surface area contributed by atoms with Gasteiger partial charge in [-0.15, -0.1) is 0 Å². The van der Waals surface area contributed by atoms with Crippen molar-refractivity contribution in [2.24, 2.45) is 0 Å². The van der Waals surface area contributed by atoms with Crippen molar-refractivity contribution < 1.29 is 19.4 Å². The summed E-state index contributed by atoms with van der Waals surface area (Å²) in [5, 5.41) is 13.1. The quantitative estimate of drug-likeness (QED) is 0.666. The molecule has 0 spiro atoms. The van der Waals surface area contributed by atoms with Gasteiger partial charge in [0.05, 0.1) is 25.7 Å². The van der Waals surface area contributed by atoms with Gasteiger partial charge in [0.15, 0.2) is 0 Å². The number of carbonyl (C=O) groups is 2. The lowest BCUT2D eigenvalue weighted by atomic mass is 10.1. The minimum absolute atomic E-state index is 0.0783. The van der Waals surface area contributed by atoms with E-state index < -0.39 is 0 Å². The summed E-state index contributed by atoms with van der Waals surface area (Å²) in [5.74, 6) is 0.180. The maximum absolute atomic E-state index is 13.0. The highest BCUT2D eigenvalue weighted by molar-refractivity contribution is 6.30. The molecule has 1 atom stereocenters. The van der Waals surface area contributed by atoms with Crippen LogP contribution < -0.4 is 10.1 Å². The molecule has 146 valence electrons. The van der Waals surface area contributed by atoms with Gasteiger partial charge in [0.1, 0.15) is 5.75 Å². The maximum atomic E-state index is 13.0. The number of halogens is 1. The van der Waals surface area contributed by atoms with Gasteiger partial charge in [-0.3, -0.25) is 14.2 Å². The van der Waals surface area contributed by atoms with Gasteiger partial charge < -0.3 is 15.2 Å². The first kappa shape index (κ1) is 19.9. The smallest absolute Gasteiger partial charge is 0.262 e. The molecule has 28 heavy (non-hydrogen) atoms. The van der Waals surface area contributed by atoms with Crippen LogP contribution >= 0.6 is 11.6 Å². The average Bonchev–Trinajstić information content (AvgIpc) is 3.05. The van der Waals surface area contributed by atoms with Crippen molar-refractivity contribution in [1.29, 1.82) is 0 Å². The van der Waals surface area contributed by atoms with Gasteiger partial charge >= 0.3 is 0 Å². The van der Waals surface area contributed by atoms with E-state index in [4.69, 9.17) is 21.4 Å². The minimum Gasteiger partial charge on any atom is -0.497 e. The van der Waals surface area contributed by atoms with Gasteiger partial charge in [0, 0.05) is 28.2 Å². The van der Waals surface area contributed by atoms with E-state index in [0.29, 0.717) is 27.4 Å². The van der Waals surface area contributed by atoms with Gasteiger partial charge in [0.2, 0.25) is 5.91 Å². The van der Waals surface area contributed by atoms with Crippen LogP contribution in [0.4, 0.5) is 0 Å². The molecule has 0 bridgehead atoms. The van der Waals surface area contributed by atoms with Crippen LogP contribution in [0.2, 0.25) is 5.02 Å². The molecule has 0 unspecified atom stereocenters. The number of hydrogen-bond donors (Lipinski definition) is 2. The van der Waals surface area contributed by atoms with Crippen LogP contribution in [0.3, 0.4) is 0 Å². The van der Waals surface area contributed by atoms with E-state index >= 15 is 0 Å². The van der Waals surface area contributed by atoms with Crippen molar-refractivity contribution in [2.45, 2.75) is 19.4 Å². The summed E-state index contributed by atoms with van der Waals surface area (Å²) in [6, 6.07) is 11.7. The topological polar surface area (TPSA) is 80.6 Å². The van der Waals surface area contributed by atoms with Crippen molar-refractivity contribution in [3.05, 3.63) is 64.8 Å². The van der Waals surface area contributed by atoms with E-state index in [1.165, 1.54) is 4.57 Å². The van der Waals surface area contributed by atoms with Crippen LogP contribution in [0.25, 0.3) is 10.9 Å². The number of nitrogens with zero attached hydrogens (tertiary/aromatic N) is 1. The summed E-state index contributed by atoms with van der Waals surface area (Å²) in [5.41, 5.74) is 1.86. The number of methoxy groups -OCH3 is 1. The molecule has 2 N–H and O–H groups in total. The molecule has 0 radical (unpaired) electrons. The Kier molecular flexibility index (Phi) is 6.02. The fourth-order valence-corrected chi connectivity index (χ4v) is 3.12. The Balaban J connectivity index is 2.02. The fourth-order valence-electron chi connectivity index (χ4n) is 2.99. The lowest BCUT2D eigenvalue weighted by Gasteiger charge is -2.10. The number of amides is 1. The maximum Gasteiger partial charge on any atom is 0.262 e. The highest BCUT2D eigenvalue weighted by atomic mass is 35.5. The summed E-state index contributed by atoms with van der Waals surface area (Å²) in [7, 11) is 1.56. The largest absolute Gasteiger partial charge is 0.497 e. The van der Waals surface area contributed by atoms with Crippen LogP contribution in [-0.2, 0) is 11.2 Å². The normalized spacial score (nSPS) is 12.0. The Morgan fingerprint density at radius 1 is 1.21 bits per heavy atom. The zero-order valence-electron chi connectivity index (χ0n) is 15.6. The van der Waals surface area contributed by atoms with E-state index in [1.807, 2.05) is 0 Å². The van der Waals surface area contributed by atoms with E-state index in [1.54, 1.807) is 62.7 Å². The number of aromatic nitrogens is 1. The molecular weight excluding hydrogens is 380 g/mol. The summed E-state index contributed by atoms with van der Waals surface area (Å²) >= 11 is 5.91. The first-order chi connectivity index (χ1) is 13.4. The number of aliphatic hydroxyl groups is 1. The Morgan fingerprint density at radius 3 is 2.57 bits per heavy atom. The van der Waals surface area contributed by atoms with Crippen molar-refractivity contribution in [2.75, 3.05) is 13.7 Å². The molecule has 1 amide bonds. The number of benzene rings is 2. The van der Waals surface area contributed by atoms with Crippen LogP contribution in [0, 0.1) is 0 Å². The summed E-state index contributed by atoms with van der Waals surface area (Å²) in [6.45, 7) is 1.57. The van der Waals surface area contributed by atoms with Gasteiger partial charge in [-0.05, 0) is 55.0 Å². The molecular formula is C21H21ClN2O4. The lowest BCUT2D eigenvalue weighted by molar-refractivity contribution is -0.121. The standard InChI is InChI=1S/C21H21ClN2O4/c1-13(12-25)23-20(26)9-15-11-24(19-8-7-17(28-2)10-18(15)19)21(27)14-3-5-16(22)6-4-14/h3-8,10-11,13,25H,9,12H2,1-2H3,(H,23,26)/t13-/m0/s1. The Hall–Kier alpha value is -2.83. The predicted molar refractivity (Wildman–Crippen MR) is 108 cm³/mol. The number of ether oxygens (including phenoxy) is 1. The van der Waals surface area contributed by atoms with Gasteiger partial charge in [-0.1, -0.05) is 11.6 Å². The van der Waals surface area contributed by atoms with E-state index in [-0.39, 0.29) is 30.9 Å². The fraction of sp³-hybridized carbons (Fsp3) is 0.238. The third-order valence-electron chi connectivity index (χ3n) is 4.44. The average molecular weight is 401 g/mol. The summed E-state index contributed by atoms with van der Waals surface area (Å²) in [6.07, 6.45) is 1.75. The first-order valence-electron chi connectivity index (χ1n) is 8.81. The Labute approximate surface area is 167 Å². The summed E-state index contributed by atoms with van der Waals surface area (Å²) < 4.78 is 6.81. The van der Waals surface area contributed by atoms with Crippen molar-refractivity contribution >= 4 is 34.3 Å². The Bertz CT molecular complexity index is 1010. The third-order valence-corrected chi connectivity index (χ3v) is 4.69. The number of rotatable bonds is 6. The number of hydrogen-bond acceptors (Lipinski definition) is 4. The molecule has 0 aliphatic carbocycles. The second-order valence-corrected chi connectivity index (χ2v) is 6.98. The third kappa shape index (κ3) is 4.18. The highest BCUT2D eigenvalue weighted by Gasteiger charge is 2.18. The van der Waals surface area contributed by atoms with Crippen LogP contribution in [-0.4, -0.2) is 41.2 Å². The SMILES string of the molecule is COc1ccc2c(c1)c(CC(=O)N[C@@H](C)CO)cn2C(=O)c1ccc(Cl)cc1. The lowest BCUT2D eigenvalue weighted by Crippen LogP contribution is -2.35. The molecule has 2 aromatic carbocycles. The van der Waals surface area contributed by atoms with Crippen molar-refractivity contribution in [3.63, 3.8) is 0 Å². The molecule has 0 aliphatic rings. The second kappa shape index (κ2) is 8.46.